The monoisotopic (exact) mass is 246 g/mol. The Kier molecular flexibility index (Phi) is 3.33. The maximum absolute atomic E-state index is 5.73. The molecule has 2 rings (SSSR count). The lowest BCUT2D eigenvalue weighted by molar-refractivity contribution is 0.0762. The van der Waals surface area contributed by atoms with Gasteiger partial charge in [0.25, 0.3) is 0 Å². The van der Waals surface area contributed by atoms with Crippen LogP contribution < -0.4 is 10.2 Å². The minimum absolute atomic E-state index is 0.556. The number of aromatic nitrogens is 2. The smallest absolute Gasteiger partial charge is 0.142 e. The molecule has 17 heavy (non-hydrogen) atoms. The quantitative estimate of drug-likeness (QED) is 0.772. The average molecular weight is 246 g/mol. The maximum Gasteiger partial charge on any atom is 0.142 e. The normalized spacial score (nSPS) is 11.5. The molecule has 0 aliphatic rings. The molecule has 1 aromatic heterocycles. The molecule has 0 saturated carbocycles. The third-order valence-electron chi connectivity index (χ3n) is 2.57. The van der Waals surface area contributed by atoms with Crippen molar-refractivity contribution in [3.05, 3.63) is 48.2 Å². The van der Waals surface area contributed by atoms with E-state index in [9.17, 15) is 0 Å². The van der Waals surface area contributed by atoms with Crippen molar-refractivity contribution in [2.24, 2.45) is 0 Å². The highest BCUT2D eigenvalue weighted by Crippen LogP contribution is 2.02. The van der Waals surface area contributed by atoms with E-state index in [-0.39, 0.29) is 0 Å². The second kappa shape index (κ2) is 4.75. The number of hydrogen-bond donors (Lipinski definition) is 0. The molecule has 2 aromatic rings. The zero-order valence-electron chi connectivity index (χ0n) is 10.6. The molecule has 1 heterocycles. The summed E-state index contributed by atoms with van der Waals surface area (Å²) in [4.78, 5) is 7.41. The Bertz CT molecular complexity index is 474. The minimum Gasteiger partial charge on any atom is -0.392 e. The van der Waals surface area contributed by atoms with Gasteiger partial charge in [-0.1, -0.05) is 50.0 Å². The van der Waals surface area contributed by atoms with Gasteiger partial charge < -0.3 is 4.84 Å². The SMILES string of the molecule is C[Si](C)(C)c1ccnn1OCc1ccccc1. The minimum atomic E-state index is -1.39. The van der Waals surface area contributed by atoms with Crippen molar-refractivity contribution in [1.29, 1.82) is 0 Å². The van der Waals surface area contributed by atoms with Gasteiger partial charge >= 0.3 is 0 Å². The summed E-state index contributed by atoms with van der Waals surface area (Å²) in [5.74, 6) is 0. The van der Waals surface area contributed by atoms with Gasteiger partial charge in [0.15, 0.2) is 0 Å². The van der Waals surface area contributed by atoms with Gasteiger partial charge in [-0.25, -0.2) is 0 Å². The predicted molar refractivity (Wildman–Crippen MR) is 71.9 cm³/mol. The molecule has 0 saturated heterocycles. The largest absolute Gasteiger partial charge is 0.392 e. The lowest BCUT2D eigenvalue weighted by Gasteiger charge is -2.17. The topological polar surface area (TPSA) is 27.1 Å². The zero-order valence-corrected chi connectivity index (χ0v) is 11.6. The molecule has 0 unspecified atom stereocenters. The van der Waals surface area contributed by atoms with Gasteiger partial charge in [-0.3, -0.25) is 0 Å². The van der Waals surface area contributed by atoms with Crippen LogP contribution in [0.4, 0.5) is 0 Å². The van der Waals surface area contributed by atoms with Crippen LogP contribution in [0.15, 0.2) is 42.6 Å². The van der Waals surface area contributed by atoms with Gasteiger partial charge in [0.2, 0.25) is 0 Å². The first-order chi connectivity index (χ1) is 8.07. The van der Waals surface area contributed by atoms with Gasteiger partial charge in [0.05, 0.1) is 11.5 Å². The standard InChI is InChI=1S/C13H18N2OSi/c1-17(2,3)13-9-10-14-15(13)16-11-12-7-5-4-6-8-12/h4-10H,11H2,1-3H3. The molecule has 0 spiro atoms. The zero-order chi connectivity index (χ0) is 12.3. The van der Waals surface area contributed by atoms with E-state index in [0.29, 0.717) is 6.61 Å². The fourth-order valence-corrected chi connectivity index (χ4v) is 2.91. The van der Waals surface area contributed by atoms with Crippen molar-refractivity contribution in [3.63, 3.8) is 0 Å². The summed E-state index contributed by atoms with van der Waals surface area (Å²) in [6.45, 7) is 7.41. The van der Waals surface area contributed by atoms with Crippen molar-refractivity contribution in [1.82, 2.24) is 9.94 Å². The third kappa shape index (κ3) is 2.97. The molecule has 1 aromatic carbocycles. The molecular formula is C13H18N2OSi. The van der Waals surface area contributed by atoms with Crippen LogP contribution in [0.25, 0.3) is 0 Å². The van der Waals surface area contributed by atoms with Gasteiger partial charge in [-0.15, -0.1) is 9.94 Å². The average Bonchev–Trinajstić information content (AvgIpc) is 2.75. The highest BCUT2D eigenvalue weighted by atomic mass is 28.3. The van der Waals surface area contributed by atoms with E-state index in [4.69, 9.17) is 4.84 Å². The lowest BCUT2D eigenvalue weighted by atomic mass is 10.2. The molecule has 3 nitrogen and oxygen atoms in total. The maximum atomic E-state index is 5.73. The fourth-order valence-electron chi connectivity index (χ4n) is 1.64. The highest BCUT2D eigenvalue weighted by Gasteiger charge is 2.22. The van der Waals surface area contributed by atoms with E-state index in [2.05, 4.69) is 42.9 Å². The van der Waals surface area contributed by atoms with E-state index < -0.39 is 8.07 Å². The van der Waals surface area contributed by atoms with Crippen LogP contribution in [0.3, 0.4) is 0 Å². The van der Waals surface area contributed by atoms with E-state index in [0.717, 1.165) is 5.56 Å². The fraction of sp³-hybridized carbons (Fsp3) is 0.308. The summed E-state index contributed by atoms with van der Waals surface area (Å²) < 4.78 is 0. The second-order valence-electron chi connectivity index (χ2n) is 5.10. The molecule has 0 atom stereocenters. The molecular weight excluding hydrogens is 228 g/mol. The third-order valence-corrected chi connectivity index (χ3v) is 4.47. The van der Waals surface area contributed by atoms with Gasteiger partial charge in [0.1, 0.15) is 14.7 Å². The van der Waals surface area contributed by atoms with Crippen LogP contribution in [0, 0.1) is 0 Å². The van der Waals surface area contributed by atoms with Crippen molar-refractivity contribution < 1.29 is 4.84 Å². The lowest BCUT2D eigenvalue weighted by Crippen LogP contribution is -2.45. The Morgan fingerprint density at radius 3 is 2.47 bits per heavy atom. The van der Waals surface area contributed by atoms with E-state index in [1.807, 2.05) is 18.2 Å². The van der Waals surface area contributed by atoms with Gasteiger partial charge in [0, 0.05) is 0 Å². The van der Waals surface area contributed by atoms with Crippen LogP contribution in [-0.2, 0) is 6.61 Å². The molecule has 90 valence electrons. The van der Waals surface area contributed by atoms with E-state index >= 15 is 0 Å². The Balaban J connectivity index is 2.08. The summed E-state index contributed by atoms with van der Waals surface area (Å²) in [7, 11) is -1.39. The molecule has 0 N–H and O–H groups in total. The van der Waals surface area contributed by atoms with Gasteiger partial charge in [-0.2, -0.15) is 0 Å². The molecule has 0 fully saturated rings. The Labute approximate surface area is 103 Å². The van der Waals surface area contributed by atoms with Crippen molar-refractivity contribution in [3.8, 4) is 0 Å². The Morgan fingerprint density at radius 2 is 1.82 bits per heavy atom. The van der Waals surface area contributed by atoms with Gasteiger partial charge in [-0.05, 0) is 11.6 Å². The molecule has 0 aliphatic heterocycles. The number of hydrogen-bond acceptors (Lipinski definition) is 2. The van der Waals surface area contributed by atoms with Crippen LogP contribution in [0.1, 0.15) is 5.56 Å². The number of benzene rings is 1. The first-order valence-corrected chi connectivity index (χ1v) is 9.29. The molecule has 0 bridgehead atoms. The first-order valence-electron chi connectivity index (χ1n) is 5.79. The predicted octanol–water partition coefficient (Wildman–Crippen LogP) is 2.06. The summed E-state index contributed by atoms with van der Waals surface area (Å²) in [5.41, 5.74) is 1.16. The van der Waals surface area contributed by atoms with Crippen LogP contribution in [-0.4, -0.2) is 18.0 Å². The molecule has 0 radical (unpaired) electrons. The van der Waals surface area contributed by atoms with Crippen molar-refractivity contribution in [2.75, 3.05) is 0 Å². The summed E-state index contributed by atoms with van der Waals surface area (Å²) >= 11 is 0. The number of rotatable bonds is 4. The summed E-state index contributed by atoms with van der Waals surface area (Å²) in [6.07, 6.45) is 1.80. The Morgan fingerprint density at radius 1 is 1.12 bits per heavy atom. The van der Waals surface area contributed by atoms with Crippen LogP contribution in [0.5, 0.6) is 0 Å². The van der Waals surface area contributed by atoms with E-state index in [1.165, 1.54) is 5.32 Å². The molecule has 0 aliphatic carbocycles. The second-order valence-corrected chi connectivity index (χ2v) is 10.1. The first kappa shape index (κ1) is 11.9. The molecule has 0 amide bonds. The van der Waals surface area contributed by atoms with Crippen molar-refractivity contribution in [2.45, 2.75) is 26.2 Å². The Hall–Kier alpha value is -1.55. The van der Waals surface area contributed by atoms with Crippen LogP contribution >= 0.6 is 0 Å². The highest BCUT2D eigenvalue weighted by molar-refractivity contribution is 6.88. The van der Waals surface area contributed by atoms with Crippen LogP contribution in [0.2, 0.25) is 19.6 Å². The molecule has 4 heteroatoms. The summed E-state index contributed by atoms with van der Waals surface area (Å²) in [5, 5.41) is 5.44. The number of nitrogens with zero attached hydrogens (tertiary/aromatic N) is 2. The van der Waals surface area contributed by atoms with Crippen molar-refractivity contribution >= 4 is 13.4 Å². The summed E-state index contributed by atoms with van der Waals surface area (Å²) in [6, 6.07) is 12.2. The van der Waals surface area contributed by atoms with E-state index in [1.54, 1.807) is 11.0 Å².